The van der Waals surface area contributed by atoms with Crippen molar-refractivity contribution in [2.45, 2.75) is 18.9 Å². The summed E-state index contributed by atoms with van der Waals surface area (Å²) < 4.78 is 27.3. The molecule has 1 amide bonds. The third-order valence-corrected chi connectivity index (χ3v) is 3.73. The molecule has 2 aromatic carbocycles. The minimum absolute atomic E-state index is 0.0167. The predicted molar refractivity (Wildman–Crippen MR) is 76.1 cm³/mol. The number of nitrogens with one attached hydrogen (secondary N) is 1. The lowest BCUT2D eigenvalue weighted by Gasteiger charge is -2.15. The molecular formula is C16H14F2N2O. The monoisotopic (exact) mass is 288 g/mol. The van der Waals surface area contributed by atoms with Gasteiger partial charge in [-0.05, 0) is 30.0 Å². The van der Waals surface area contributed by atoms with Crippen LogP contribution in [0.25, 0.3) is 0 Å². The highest BCUT2D eigenvalue weighted by atomic mass is 19.1. The molecule has 0 saturated carbocycles. The zero-order valence-electron chi connectivity index (χ0n) is 11.2. The van der Waals surface area contributed by atoms with Crippen LogP contribution in [-0.2, 0) is 12.8 Å². The van der Waals surface area contributed by atoms with Crippen molar-refractivity contribution in [3.63, 3.8) is 0 Å². The second-order valence-electron chi connectivity index (χ2n) is 5.19. The maximum Gasteiger partial charge on any atom is 0.251 e. The van der Waals surface area contributed by atoms with Gasteiger partial charge in [0.2, 0.25) is 0 Å². The topological polar surface area (TPSA) is 55.1 Å². The number of hydrogen-bond donors (Lipinski definition) is 2. The average Bonchev–Trinajstić information content (AvgIpc) is 2.83. The van der Waals surface area contributed by atoms with Gasteiger partial charge in [-0.3, -0.25) is 4.79 Å². The van der Waals surface area contributed by atoms with Gasteiger partial charge in [0.15, 0.2) is 0 Å². The second-order valence-corrected chi connectivity index (χ2v) is 5.19. The molecule has 1 aliphatic rings. The van der Waals surface area contributed by atoms with Crippen LogP contribution in [-0.4, -0.2) is 11.9 Å². The third kappa shape index (κ3) is 2.59. The Labute approximate surface area is 120 Å². The SMILES string of the molecule is NC(=O)c1cc(NC2Cc3ccccc3C2)c(F)cc1F. The van der Waals surface area contributed by atoms with Crippen molar-refractivity contribution >= 4 is 11.6 Å². The van der Waals surface area contributed by atoms with Crippen LogP contribution >= 0.6 is 0 Å². The summed E-state index contributed by atoms with van der Waals surface area (Å²) in [5.74, 6) is -2.58. The van der Waals surface area contributed by atoms with Crippen LogP contribution in [0.15, 0.2) is 36.4 Å². The summed E-state index contributed by atoms with van der Waals surface area (Å²) in [5.41, 5.74) is 7.30. The van der Waals surface area contributed by atoms with E-state index in [1.54, 1.807) is 0 Å². The van der Waals surface area contributed by atoms with E-state index in [1.807, 2.05) is 24.3 Å². The molecule has 0 unspecified atom stereocenters. The predicted octanol–water partition coefficient (Wildman–Crippen LogP) is 2.64. The number of nitrogens with two attached hydrogens (primary N) is 1. The van der Waals surface area contributed by atoms with Crippen molar-refractivity contribution < 1.29 is 13.6 Å². The summed E-state index contributed by atoms with van der Waals surface area (Å²) in [6.07, 6.45) is 1.53. The quantitative estimate of drug-likeness (QED) is 0.912. The summed E-state index contributed by atoms with van der Waals surface area (Å²) in [7, 11) is 0. The lowest BCUT2D eigenvalue weighted by molar-refractivity contribution is 0.0996. The molecule has 21 heavy (non-hydrogen) atoms. The van der Waals surface area contributed by atoms with Crippen molar-refractivity contribution in [1.29, 1.82) is 0 Å². The molecule has 108 valence electrons. The standard InChI is InChI=1S/C16H14F2N2O/c17-13-8-14(18)15(7-12(13)16(19)21)20-11-5-9-3-1-2-4-10(9)6-11/h1-4,7-8,11,20H,5-6H2,(H2,19,21). The Kier molecular flexibility index (Phi) is 3.33. The highest BCUT2D eigenvalue weighted by Gasteiger charge is 2.22. The molecule has 0 saturated heterocycles. The smallest absolute Gasteiger partial charge is 0.251 e. The minimum atomic E-state index is -0.944. The molecule has 0 aromatic heterocycles. The number of hydrogen-bond acceptors (Lipinski definition) is 2. The molecule has 1 aliphatic carbocycles. The van der Waals surface area contributed by atoms with Crippen LogP contribution in [0, 0.1) is 11.6 Å². The first-order chi connectivity index (χ1) is 10.0. The molecule has 0 aliphatic heterocycles. The minimum Gasteiger partial charge on any atom is -0.379 e. The fourth-order valence-corrected chi connectivity index (χ4v) is 2.73. The van der Waals surface area contributed by atoms with Crippen molar-refractivity contribution in [3.05, 3.63) is 64.7 Å². The van der Waals surface area contributed by atoms with E-state index in [-0.39, 0.29) is 17.3 Å². The number of amides is 1. The van der Waals surface area contributed by atoms with Crippen LogP contribution < -0.4 is 11.1 Å². The van der Waals surface area contributed by atoms with Gasteiger partial charge in [-0.15, -0.1) is 0 Å². The summed E-state index contributed by atoms with van der Waals surface area (Å²) in [4.78, 5) is 11.1. The Bertz CT molecular complexity index is 690. The van der Waals surface area contributed by atoms with Crippen LogP contribution in [0.4, 0.5) is 14.5 Å². The number of rotatable bonds is 3. The Morgan fingerprint density at radius 1 is 1.10 bits per heavy atom. The molecule has 5 heteroatoms. The van der Waals surface area contributed by atoms with E-state index in [9.17, 15) is 13.6 Å². The fourth-order valence-electron chi connectivity index (χ4n) is 2.73. The Morgan fingerprint density at radius 2 is 1.71 bits per heavy atom. The van der Waals surface area contributed by atoms with E-state index in [0.717, 1.165) is 18.9 Å². The highest BCUT2D eigenvalue weighted by molar-refractivity contribution is 5.94. The third-order valence-electron chi connectivity index (χ3n) is 3.73. The maximum atomic E-state index is 13.8. The molecule has 3 rings (SSSR count). The van der Waals surface area contributed by atoms with Gasteiger partial charge in [-0.1, -0.05) is 24.3 Å². The first-order valence-corrected chi connectivity index (χ1v) is 6.67. The van der Waals surface area contributed by atoms with E-state index in [4.69, 9.17) is 5.73 Å². The number of halogens is 2. The molecular weight excluding hydrogens is 274 g/mol. The van der Waals surface area contributed by atoms with E-state index in [1.165, 1.54) is 11.1 Å². The number of fused-ring (bicyclic) bond motifs is 1. The van der Waals surface area contributed by atoms with E-state index in [0.29, 0.717) is 6.07 Å². The number of benzene rings is 2. The fraction of sp³-hybridized carbons (Fsp3) is 0.188. The molecule has 0 spiro atoms. The Morgan fingerprint density at radius 3 is 2.29 bits per heavy atom. The van der Waals surface area contributed by atoms with Gasteiger partial charge in [0, 0.05) is 12.1 Å². The summed E-state index contributed by atoms with van der Waals surface area (Å²) in [5, 5.41) is 3.03. The van der Waals surface area contributed by atoms with Gasteiger partial charge < -0.3 is 11.1 Å². The van der Waals surface area contributed by atoms with E-state index >= 15 is 0 Å². The largest absolute Gasteiger partial charge is 0.379 e. The van der Waals surface area contributed by atoms with Crippen molar-refractivity contribution in [3.8, 4) is 0 Å². The van der Waals surface area contributed by atoms with Gasteiger partial charge in [0.1, 0.15) is 11.6 Å². The average molecular weight is 288 g/mol. The first-order valence-electron chi connectivity index (χ1n) is 6.67. The van der Waals surface area contributed by atoms with Crippen LogP contribution in [0.1, 0.15) is 21.5 Å². The van der Waals surface area contributed by atoms with E-state index < -0.39 is 17.5 Å². The summed E-state index contributed by atoms with van der Waals surface area (Å²) in [6, 6.07) is 9.83. The van der Waals surface area contributed by atoms with Crippen molar-refractivity contribution in [2.75, 3.05) is 5.32 Å². The van der Waals surface area contributed by atoms with Crippen molar-refractivity contribution in [1.82, 2.24) is 0 Å². The van der Waals surface area contributed by atoms with Crippen LogP contribution in [0.2, 0.25) is 0 Å². The molecule has 2 aromatic rings. The Hall–Kier alpha value is -2.43. The number of anilines is 1. The molecule has 0 radical (unpaired) electrons. The van der Waals surface area contributed by atoms with E-state index in [2.05, 4.69) is 5.32 Å². The maximum absolute atomic E-state index is 13.8. The normalized spacial score (nSPS) is 14.0. The van der Waals surface area contributed by atoms with Crippen LogP contribution in [0.5, 0.6) is 0 Å². The molecule has 0 heterocycles. The first kappa shape index (κ1) is 13.5. The summed E-state index contributed by atoms with van der Waals surface area (Å²) >= 11 is 0. The van der Waals surface area contributed by atoms with Gasteiger partial charge >= 0.3 is 0 Å². The van der Waals surface area contributed by atoms with Crippen molar-refractivity contribution in [2.24, 2.45) is 5.73 Å². The van der Waals surface area contributed by atoms with Gasteiger partial charge in [-0.2, -0.15) is 0 Å². The summed E-state index contributed by atoms with van der Waals surface area (Å²) in [6.45, 7) is 0. The van der Waals surface area contributed by atoms with Gasteiger partial charge in [0.25, 0.3) is 5.91 Å². The molecule has 3 nitrogen and oxygen atoms in total. The second kappa shape index (κ2) is 5.16. The number of carbonyl (C=O) groups is 1. The molecule has 3 N–H and O–H groups in total. The van der Waals surface area contributed by atoms with Gasteiger partial charge in [0.05, 0.1) is 11.3 Å². The van der Waals surface area contributed by atoms with Crippen LogP contribution in [0.3, 0.4) is 0 Å². The Balaban J connectivity index is 1.83. The zero-order valence-corrected chi connectivity index (χ0v) is 11.2. The molecule has 0 bridgehead atoms. The lowest BCUT2D eigenvalue weighted by atomic mass is 10.1. The highest BCUT2D eigenvalue weighted by Crippen LogP contribution is 2.26. The lowest BCUT2D eigenvalue weighted by Crippen LogP contribution is -2.21. The van der Waals surface area contributed by atoms with Gasteiger partial charge in [-0.25, -0.2) is 8.78 Å². The number of primary amides is 1. The molecule has 0 atom stereocenters. The molecule has 0 fully saturated rings. The number of carbonyl (C=O) groups excluding carboxylic acids is 1. The zero-order chi connectivity index (χ0) is 15.0.